The second-order valence-electron chi connectivity index (χ2n) is 3.63. The highest BCUT2D eigenvalue weighted by Crippen LogP contribution is 2.12. The second-order valence-corrected chi connectivity index (χ2v) is 4.81. The molecule has 1 heterocycles. The van der Waals surface area contributed by atoms with Gasteiger partial charge in [-0.15, -0.1) is 10.2 Å². The Bertz CT molecular complexity index is 272. The lowest BCUT2D eigenvalue weighted by Gasteiger charge is -2.20. The molecule has 5 heteroatoms. The zero-order chi connectivity index (χ0) is 10.6. The summed E-state index contributed by atoms with van der Waals surface area (Å²) in [5.74, 6) is 0. The average molecular weight is 214 g/mol. The van der Waals surface area contributed by atoms with Crippen LogP contribution in [0.15, 0.2) is 0 Å². The summed E-state index contributed by atoms with van der Waals surface area (Å²) in [5, 5.41) is 13.1. The number of hydrogen-bond donors (Lipinski definition) is 1. The Balaban J connectivity index is 2.22. The number of aryl methyl sites for hydroxylation is 1. The molecule has 0 saturated heterocycles. The Labute approximate surface area is 89.3 Å². The molecule has 0 spiro atoms. The summed E-state index contributed by atoms with van der Waals surface area (Å²) in [6, 6.07) is 0.591. The van der Waals surface area contributed by atoms with Gasteiger partial charge in [-0.05, 0) is 27.8 Å². The smallest absolute Gasteiger partial charge is 0.205 e. The quantitative estimate of drug-likeness (QED) is 0.808. The minimum absolute atomic E-state index is 0.591. The third kappa shape index (κ3) is 3.59. The van der Waals surface area contributed by atoms with Crippen molar-refractivity contribution in [1.29, 1.82) is 0 Å². The van der Waals surface area contributed by atoms with E-state index in [0.29, 0.717) is 6.04 Å². The van der Waals surface area contributed by atoms with Crippen LogP contribution in [0.3, 0.4) is 0 Å². The van der Waals surface area contributed by atoms with Crippen molar-refractivity contribution in [3.05, 3.63) is 5.01 Å². The zero-order valence-corrected chi connectivity index (χ0v) is 10.1. The van der Waals surface area contributed by atoms with E-state index in [2.05, 4.69) is 41.3 Å². The van der Waals surface area contributed by atoms with Gasteiger partial charge < -0.3 is 10.2 Å². The summed E-state index contributed by atoms with van der Waals surface area (Å²) in [7, 11) is 2.12. The topological polar surface area (TPSA) is 41.1 Å². The maximum atomic E-state index is 4.00. The number of hydrogen-bond acceptors (Lipinski definition) is 5. The first-order chi connectivity index (χ1) is 6.59. The summed E-state index contributed by atoms with van der Waals surface area (Å²) in [6.45, 7) is 8.28. The molecule has 0 saturated carbocycles. The van der Waals surface area contributed by atoms with E-state index in [1.165, 1.54) is 0 Å². The molecule has 1 N–H and O–H groups in total. The number of likely N-dealkylation sites (N-methyl/N-ethyl adjacent to an activating group) is 1. The molecule has 4 nitrogen and oxygen atoms in total. The minimum atomic E-state index is 0.591. The van der Waals surface area contributed by atoms with Crippen LogP contribution in [0.1, 0.15) is 18.9 Å². The van der Waals surface area contributed by atoms with Crippen LogP contribution in [0.25, 0.3) is 0 Å². The largest absolute Gasteiger partial charge is 0.359 e. The van der Waals surface area contributed by atoms with Crippen LogP contribution in [0.2, 0.25) is 0 Å². The fourth-order valence-corrected chi connectivity index (χ4v) is 1.58. The lowest BCUT2D eigenvalue weighted by atomic mass is 10.3. The summed E-state index contributed by atoms with van der Waals surface area (Å²) < 4.78 is 0. The van der Waals surface area contributed by atoms with E-state index in [1.54, 1.807) is 11.3 Å². The Morgan fingerprint density at radius 1 is 1.43 bits per heavy atom. The summed E-state index contributed by atoms with van der Waals surface area (Å²) in [5.41, 5.74) is 0. The van der Waals surface area contributed by atoms with Crippen molar-refractivity contribution in [2.24, 2.45) is 0 Å². The molecule has 1 aromatic heterocycles. The van der Waals surface area contributed by atoms with E-state index in [0.717, 1.165) is 23.2 Å². The lowest BCUT2D eigenvalue weighted by molar-refractivity contribution is 0.284. The van der Waals surface area contributed by atoms with Crippen LogP contribution >= 0.6 is 11.3 Å². The van der Waals surface area contributed by atoms with E-state index in [9.17, 15) is 0 Å². The summed E-state index contributed by atoms with van der Waals surface area (Å²) in [6.07, 6.45) is 0. The zero-order valence-electron chi connectivity index (χ0n) is 9.24. The number of rotatable bonds is 5. The van der Waals surface area contributed by atoms with Gasteiger partial charge in [-0.2, -0.15) is 0 Å². The SMILES string of the molecule is Cc1nnc(NCCN(C)C(C)C)s1. The first-order valence-electron chi connectivity index (χ1n) is 4.84. The van der Waals surface area contributed by atoms with Crippen molar-refractivity contribution in [3.8, 4) is 0 Å². The van der Waals surface area contributed by atoms with Crippen LogP contribution in [0, 0.1) is 6.92 Å². The number of nitrogens with zero attached hydrogens (tertiary/aromatic N) is 3. The highest BCUT2D eigenvalue weighted by molar-refractivity contribution is 7.15. The molecule has 0 bridgehead atoms. The molecule has 1 rings (SSSR count). The number of anilines is 1. The molecule has 0 unspecified atom stereocenters. The van der Waals surface area contributed by atoms with Gasteiger partial charge in [0.1, 0.15) is 5.01 Å². The van der Waals surface area contributed by atoms with Crippen LogP contribution in [-0.4, -0.2) is 41.3 Å². The first kappa shape index (κ1) is 11.4. The van der Waals surface area contributed by atoms with E-state index < -0.39 is 0 Å². The van der Waals surface area contributed by atoms with E-state index in [4.69, 9.17) is 0 Å². The van der Waals surface area contributed by atoms with Crippen molar-refractivity contribution in [2.45, 2.75) is 26.8 Å². The monoisotopic (exact) mass is 214 g/mol. The van der Waals surface area contributed by atoms with Crippen molar-refractivity contribution < 1.29 is 0 Å². The van der Waals surface area contributed by atoms with Gasteiger partial charge in [-0.3, -0.25) is 0 Å². The summed E-state index contributed by atoms with van der Waals surface area (Å²) in [4.78, 5) is 2.29. The highest BCUT2D eigenvalue weighted by atomic mass is 32.1. The highest BCUT2D eigenvalue weighted by Gasteiger charge is 2.03. The molecule has 0 amide bonds. The van der Waals surface area contributed by atoms with Gasteiger partial charge in [0.05, 0.1) is 0 Å². The van der Waals surface area contributed by atoms with Crippen molar-refractivity contribution in [3.63, 3.8) is 0 Å². The maximum absolute atomic E-state index is 4.00. The molecule has 0 aliphatic rings. The van der Waals surface area contributed by atoms with Gasteiger partial charge in [-0.1, -0.05) is 11.3 Å². The molecule has 0 fully saturated rings. The third-order valence-electron chi connectivity index (χ3n) is 2.15. The predicted molar refractivity (Wildman–Crippen MR) is 60.9 cm³/mol. The van der Waals surface area contributed by atoms with Crippen LogP contribution < -0.4 is 5.32 Å². The molecule has 14 heavy (non-hydrogen) atoms. The van der Waals surface area contributed by atoms with E-state index in [1.807, 2.05) is 6.92 Å². The number of aromatic nitrogens is 2. The molecule has 0 radical (unpaired) electrons. The molecule has 80 valence electrons. The van der Waals surface area contributed by atoms with Crippen LogP contribution in [0.5, 0.6) is 0 Å². The number of nitrogens with one attached hydrogen (secondary N) is 1. The average Bonchev–Trinajstić information content (AvgIpc) is 2.51. The Kier molecular flexibility index (Phi) is 4.28. The third-order valence-corrected chi connectivity index (χ3v) is 2.94. The van der Waals surface area contributed by atoms with Gasteiger partial charge in [0, 0.05) is 19.1 Å². The van der Waals surface area contributed by atoms with Gasteiger partial charge in [0.25, 0.3) is 0 Å². The van der Waals surface area contributed by atoms with Gasteiger partial charge >= 0.3 is 0 Å². The van der Waals surface area contributed by atoms with Gasteiger partial charge in [-0.25, -0.2) is 0 Å². The second kappa shape index (κ2) is 5.26. The lowest BCUT2D eigenvalue weighted by Crippen LogP contribution is -2.31. The Morgan fingerprint density at radius 2 is 2.14 bits per heavy atom. The fourth-order valence-electron chi connectivity index (χ4n) is 0.965. The molecule has 0 aliphatic heterocycles. The van der Waals surface area contributed by atoms with Crippen molar-refractivity contribution in [1.82, 2.24) is 15.1 Å². The van der Waals surface area contributed by atoms with Gasteiger partial charge in [0.15, 0.2) is 0 Å². The van der Waals surface area contributed by atoms with Crippen LogP contribution in [-0.2, 0) is 0 Å². The fraction of sp³-hybridized carbons (Fsp3) is 0.778. The summed E-state index contributed by atoms with van der Waals surface area (Å²) >= 11 is 1.60. The van der Waals surface area contributed by atoms with E-state index >= 15 is 0 Å². The molecule has 1 aromatic rings. The normalized spacial score (nSPS) is 11.3. The molecule has 0 aromatic carbocycles. The molecule has 0 aliphatic carbocycles. The Hall–Kier alpha value is -0.680. The van der Waals surface area contributed by atoms with Gasteiger partial charge in [0.2, 0.25) is 5.13 Å². The van der Waals surface area contributed by atoms with Crippen molar-refractivity contribution >= 4 is 16.5 Å². The maximum Gasteiger partial charge on any atom is 0.205 e. The predicted octanol–water partition coefficient (Wildman–Crippen LogP) is 1.60. The van der Waals surface area contributed by atoms with Crippen LogP contribution in [0.4, 0.5) is 5.13 Å². The Morgan fingerprint density at radius 3 is 2.64 bits per heavy atom. The standard InChI is InChI=1S/C9H18N4S/c1-7(2)13(4)6-5-10-9-12-11-8(3)14-9/h7H,5-6H2,1-4H3,(H,10,12). The first-order valence-corrected chi connectivity index (χ1v) is 5.65. The molecule has 0 atom stereocenters. The van der Waals surface area contributed by atoms with Crippen molar-refractivity contribution in [2.75, 3.05) is 25.5 Å². The molecular weight excluding hydrogens is 196 g/mol. The van der Waals surface area contributed by atoms with E-state index in [-0.39, 0.29) is 0 Å². The molecular formula is C9H18N4S. The minimum Gasteiger partial charge on any atom is -0.359 e.